The third-order valence-electron chi connectivity index (χ3n) is 3.45. The predicted octanol–water partition coefficient (Wildman–Crippen LogP) is 2.84. The van der Waals surface area contributed by atoms with Crippen LogP contribution in [0.4, 0.5) is 0 Å². The number of furan rings is 1. The van der Waals surface area contributed by atoms with Gasteiger partial charge in [0.1, 0.15) is 22.0 Å². The van der Waals surface area contributed by atoms with Crippen molar-refractivity contribution in [2.24, 2.45) is 5.14 Å². The molecule has 0 amide bonds. The van der Waals surface area contributed by atoms with Gasteiger partial charge in [0, 0.05) is 11.4 Å². The van der Waals surface area contributed by atoms with Gasteiger partial charge in [0.2, 0.25) is 10.0 Å². The molecule has 0 bridgehead atoms. The first-order chi connectivity index (χ1) is 11.3. The Morgan fingerprint density at radius 1 is 1.17 bits per heavy atom. The minimum atomic E-state index is -3.98. The summed E-state index contributed by atoms with van der Waals surface area (Å²) >= 11 is 5.85. The fraction of sp³-hybridized carbons (Fsp3) is 0.200. The zero-order chi connectivity index (χ0) is 17.5. The molecular weight excluding hydrogens is 354 g/mol. The third-order valence-corrected chi connectivity index (χ3v) is 4.76. The van der Waals surface area contributed by atoms with Crippen molar-refractivity contribution in [1.82, 2.24) is 10.1 Å². The lowest BCUT2D eigenvalue weighted by Crippen LogP contribution is -2.13. The van der Waals surface area contributed by atoms with Gasteiger partial charge in [-0.05, 0) is 31.5 Å². The Morgan fingerprint density at radius 2 is 1.83 bits per heavy atom. The van der Waals surface area contributed by atoms with E-state index < -0.39 is 10.0 Å². The summed E-state index contributed by atoms with van der Waals surface area (Å²) in [6, 6.07) is 7.23. The summed E-state index contributed by atoms with van der Waals surface area (Å²) in [7, 11) is -3.98. The van der Waals surface area contributed by atoms with E-state index in [1.807, 2.05) is 12.1 Å². The predicted molar refractivity (Wildman–Crippen MR) is 87.1 cm³/mol. The van der Waals surface area contributed by atoms with Gasteiger partial charge in [-0.2, -0.15) is 4.98 Å². The molecular formula is C15H14ClN3O4S. The molecule has 0 aliphatic rings. The van der Waals surface area contributed by atoms with Crippen LogP contribution in [-0.2, 0) is 16.4 Å². The number of aryl methyl sites for hydroxylation is 2. The maximum Gasteiger partial charge on any atom is 0.262 e. The van der Waals surface area contributed by atoms with Crippen LogP contribution < -0.4 is 5.14 Å². The van der Waals surface area contributed by atoms with E-state index in [-0.39, 0.29) is 22.1 Å². The summed E-state index contributed by atoms with van der Waals surface area (Å²) in [6.45, 7) is 3.13. The average Bonchev–Trinajstić information content (AvgIpc) is 3.04. The Hall–Kier alpha value is -2.16. The van der Waals surface area contributed by atoms with Crippen molar-refractivity contribution in [3.8, 4) is 11.5 Å². The standard InChI is InChI=1S/C15H14ClN3O4S/c1-8-13(14(9(2)22-8)24(17,20)21)15-18-12(19-23-15)7-10-3-5-11(16)6-4-10/h3-6H,7H2,1-2H3,(H2,17,20,21). The Labute approximate surface area is 143 Å². The number of nitrogens with two attached hydrogens (primary N) is 1. The molecule has 0 aliphatic carbocycles. The second kappa shape index (κ2) is 6.04. The van der Waals surface area contributed by atoms with E-state index in [0.717, 1.165) is 5.56 Å². The van der Waals surface area contributed by atoms with E-state index in [2.05, 4.69) is 10.1 Å². The van der Waals surface area contributed by atoms with E-state index in [9.17, 15) is 8.42 Å². The Balaban J connectivity index is 1.98. The van der Waals surface area contributed by atoms with Crippen LogP contribution in [0.25, 0.3) is 11.5 Å². The van der Waals surface area contributed by atoms with Gasteiger partial charge < -0.3 is 8.94 Å². The molecule has 0 unspecified atom stereocenters. The van der Waals surface area contributed by atoms with E-state index >= 15 is 0 Å². The molecule has 3 aromatic rings. The number of hydrogen-bond donors (Lipinski definition) is 1. The van der Waals surface area contributed by atoms with E-state index in [0.29, 0.717) is 23.0 Å². The highest BCUT2D eigenvalue weighted by Gasteiger charge is 2.28. The van der Waals surface area contributed by atoms with Crippen LogP contribution in [0.5, 0.6) is 0 Å². The summed E-state index contributed by atoms with van der Waals surface area (Å²) in [6.07, 6.45) is 0.418. The van der Waals surface area contributed by atoms with Crippen molar-refractivity contribution in [2.75, 3.05) is 0 Å². The normalized spacial score (nSPS) is 11.8. The highest BCUT2D eigenvalue weighted by atomic mass is 35.5. The number of sulfonamides is 1. The van der Waals surface area contributed by atoms with E-state index in [1.54, 1.807) is 19.1 Å². The first-order valence-corrected chi connectivity index (χ1v) is 8.88. The molecule has 0 radical (unpaired) electrons. The maximum atomic E-state index is 11.8. The van der Waals surface area contributed by atoms with Crippen molar-refractivity contribution >= 4 is 21.6 Å². The molecule has 0 saturated carbocycles. The number of halogens is 1. The second-order valence-corrected chi connectivity index (χ2v) is 7.22. The van der Waals surface area contributed by atoms with Crippen LogP contribution in [0.3, 0.4) is 0 Å². The molecule has 0 saturated heterocycles. The largest absolute Gasteiger partial charge is 0.464 e. The highest BCUT2D eigenvalue weighted by molar-refractivity contribution is 7.89. The maximum absolute atomic E-state index is 11.8. The molecule has 7 nitrogen and oxygen atoms in total. The fourth-order valence-corrected chi connectivity index (χ4v) is 3.55. The van der Waals surface area contributed by atoms with E-state index in [1.165, 1.54) is 6.92 Å². The molecule has 2 N–H and O–H groups in total. The van der Waals surface area contributed by atoms with Gasteiger partial charge >= 0.3 is 0 Å². The Morgan fingerprint density at radius 3 is 2.46 bits per heavy atom. The first-order valence-electron chi connectivity index (χ1n) is 6.96. The molecule has 0 atom stereocenters. The van der Waals surface area contributed by atoms with Crippen LogP contribution in [0, 0.1) is 13.8 Å². The molecule has 2 aromatic heterocycles. The van der Waals surface area contributed by atoms with Gasteiger partial charge in [-0.1, -0.05) is 28.9 Å². The minimum Gasteiger partial charge on any atom is -0.464 e. The minimum absolute atomic E-state index is 0.0531. The number of hydrogen-bond acceptors (Lipinski definition) is 6. The smallest absolute Gasteiger partial charge is 0.262 e. The van der Waals surface area contributed by atoms with E-state index in [4.69, 9.17) is 25.7 Å². The van der Waals surface area contributed by atoms with Crippen LogP contribution in [-0.4, -0.2) is 18.6 Å². The summed E-state index contributed by atoms with van der Waals surface area (Å²) in [5.41, 5.74) is 1.14. The highest BCUT2D eigenvalue weighted by Crippen LogP contribution is 2.33. The lowest BCUT2D eigenvalue weighted by Gasteiger charge is -1.98. The quantitative estimate of drug-likeness (QED) is 0.758. The van der Waals surface area contributed by atoms with Crippen molar-refractivity contribution in [3.05, 3.63) is 52.2 Å². The van der Waals surface area contributed by atoms with Crippen molar-refractivity contribution in [2.45, 2.75) is 25.2 Å². The van der Waals surface area contributed by atoms with Gasteiger partial charge in [0.05, 0.1) is 0 Å². The summed E-state index contributed by atoms with van der Waals surface area (Å²) in [4.78, 5) is 4.12. The molecule has 3 rings (SSSR count). The summed E-state index contributed by atoms with van der Waals surface area (Å²) < 4.78 is 34.2. The van der Waals surface area contributed by atoms with Crippen molar-refractivity contribution in [1.29, 1.82) is 0 Å². The Kier molecular flexibility index (Phi) is 4.20. The molecule has 24 heavy (non-hydrogen) atoms. The zero-order valence-electron chi connectivity index (χ0n) is 12.9. The Bertz CT molecular complexity index is 990. The number of benzene rings is 1. The first kappa shape index (κ1) is 16.7. The van der Waals surface area contributed by atoms with Crippen molar-refractivity contribution in [3.63, 3.8) is 0 Å². The molecule has 0 fully saturated rings. The number of nitrogens with zero attached hydrogens (tertiary/aromatic N) is 2. The molecule has 2 heterocycles. The lowest BCUT2D eigenvalue weighted by molar-refractivity contribution is 0.422. The molecule has 126 valence electrons. The van der Waals surface area contributed by atoms with Gasteiger partial charge in [0.15, 0.2) is 5.82 Å². The van der Waals surface area contributed by atoms with Crippen LogP contribution in [0.2, 0.25) is 5.02 Å². The third kappa shape index (κ3) is 3.21. The number of primary sulfonamides is 1. The summed E-state index contributed by atoms with van der Waals surface area (Å²) in [5.74, 6) is 0.990. The van der Waals surface area contributed by atoms with Gasteiger partial charge in [-0.3, -0.25) is 0 Å². The van der Waals surface area contributed by atoms with Gasteiger partial charge in [-0.25, -0.2) is 13.6 Å². The second-order valence-electron chi connectivity index (χ2n) is 5.28. The molecule has 1 aromatic carbocycles. The lowest BCUT2D eigenvalue weighted by atomic mass is 10.1. The molecule has 0 spiro atoms. The van der Waals surface area contributed by atoms with Crippen LogP contribution in [0.1, 0.15) is 22.9 Å². The molecule has 0 aliphatic heterocycles. The number of rotatable bonds is 4. The SMILES string of the molecule is Cc1oc(C)c(S(N)(=O)=O)c1-c1nc(Cc2ccc(Cl)cc2)no1. The molecule has 9 heteroatoms. The van der Waals surface area contributed by atoms with Gasteiger partial charge in [-0.15, -0.1) is 0 Å². The zero-order valence-corrected chi connectivity index (χ0v) is 14.5. The van der Waals surface area contributed by atoms with Crippen LogP contribution >= 0.6 is 11.6 Å². The monoisotopic (exact) mass is 367 g/mol. The number of aromatic nitrogens is 2. The topological polar surface area (TPSA) is 112 Å². The van der Waals surface area contributed by atoms with Crippen molar-refractivity contribution < 1.29 is 17.4 Å². The van der Waals surface area contributed by atoms with Gasteiger partial charge in [0.25, 0.3) is 5.89 Å². The van der Waals surface area contributed by atoms with Crippen LogP contribution in [0.15, 0.2) is 38.1 Å². The average molecular weight is 368 g/mol. The fourth-order valence-electron chi connectivity index (χ4n) is 2.47. The summed E-state index contributed by atoms with van der Waals surface area (Å²) in [5, 5.41) is 9.79.